The van der Waals surface area contributed by atoms with Gasteiger partial charge in [0.25, 0.3) is 0 Å². The minimum Gasteiger partial charge on any atom is -0.463 e. The van der Waals surface area contributed by atoms with E-state index in [1.807, 2.05) is 0 Å². The zero-order valence-electron chi connectivity index (χ0n) is 7.62. The summed E-state index contributed by atoms with van der Waals surface area (Å²) in [6, 6.07) is 4.35. The number of ether oxygens (including phenoxy) is 1. The minimum atomic E-state index is -3.69. The van der Waals surface area contributed by atoms with E-state index >= 15 is 0 Å². The summed E-state index contributed by atoms with van der Waals surface area (Å²) in [4.78, 5) is 3.91. The first kappa shape index (κ1) is 9.88. The van der Waals surface area contributed by atoms with Crippen LogP contribution in [0.5, 0.6) is 5.75 Å². The SMILES string of the molecule is NS(=O)(=O)c1ccc2c(c1)C=NC=CO2. The highest BCUT2D eigenvalue weighted by Crippen LogP contribution is 2.22. The third kappa shape index (κ3) is 2.05. The standard InChI is InChI=1S/C9H8N2O3S/c10-15(12,13)8-1-2-9-7(5-8)6-11-3-4-14-9/h1-6H,(H2,10,12,13). The smallest absolute Gasteiger partial charge is 0.238 e. The first-order chi connectivity index (χ1) is 7.07. The number of nitrogens with two attached hydrogens (primary N) is 1. The zero-order chi connectivity index (χ0) is 10.9. The van der Waals surface area contributed by atoms with Gasteiger partial charge in [0, 0.05) is 11.8 Å². The van der Waals surface area contributed by atoms with Crippen LogP contribution in [0.1, 0.15) is 5.56 Å². The van der Waals surface area contributed by atoms with Gasteiger partial charge in [-0.2, -0.15) is 0 Å². The molecule has 1 aliphatic rings. The van der Waals surface area contributed by atoms with Crippen LogP contribution in [0.25, 0.3) is 0 Å². The van der Waals surface area contributed by atoms with Gasteiger partial charge in [0.2, 0.25) is 10.0 Å². The Morgan fingerprint density at radius 1 is 1.33 bits per heavy atom. The van der Waals surface area contributed by atoms with E-state index in [1.54, 1.807) is 0 Å². The number of hydrogen-bond acceptors (Lipinski definition) is 4. The molecular formula is C9H8N2O3S. The number of aliphatic imine (C=N–C) groups is 1. The Bertz CT molecular complexity index is 546. The molecule has 2 rings (SSSR count). The number of fused-ring (bicyclic) bond motifs is 1. The lowest BCUT2D eigenvalue weighted by Gasteiger charge is -2.04. The highest BCUT2D eigenvalue weighted by atomic mass is 32.2. The van der Waals surface area contributed by atoms with E-state index < -0.39 is 10.0 Å². The second-order valence-electron chi connectivity index (χ2n) is 2.93. The molecular weight excluding hydrogens is 216 g/mol. The summed E-state index contributed by atoms with van der Waals surface area (Å²) in [6.45, 7) is 0. The van der Waals surface area contributed by atoms with Crippen LogP contribution in [0.3, 0.4) is 0 Å². The molecule has 0 saturated carbocycles. The Kier molecular flexibility index (Phi) is 2.29. The largest absolute Gasteiger partial charge is 0.463 e. The van der Waals surface area contributed by atoms with Gasteiger partial charge in [0.05, 0.1) is 11.1 Å². The normalized spacial score (nSPS) is 14.2. The number of hydrogen-bond donors (Lipinski definition) is 1. The topological polar surface area (TPSA) is 81.8 Å². The Morgan fingerprint density at radius 3 is 2.87 bits per heavy atom. The summed E-state index contributed by atoms with van der Waals surface area (Å²) in [5.41, 5.74) is 0.575. The quantitative estimate of drug-likeness (QED) is 0.759. The van der Waals surface area contributed by atoms with Gasteiger partial charge in [-0.1, -0.05) is 0 Å². The predicted molar refractivity (Wildman–Crippen MR) is 55.2 cm³/mol. The number of benzene rings is 1. The fourth-order valence-corrected chi connectivity index (χ4v) is 1.72. The van der Waals surface area contributed by atoms with Gasteiger partial charge >= 0.3 is 0 Å². The van der Waals surface area contributed by atoms with Crippen LogP contribution in [0.2, 0.25) is 0 Å². The van der Waals surface area contributed by atoms with E-state index in [9.17, 15) is 8.42 Å². The number of rotatable bonds is 1. The van der Waals surface area contributed by atoms with E-state index in [0.29, 0.717) is 11.3 Å². The van der Waals surface area contributed by atoms with Crippen LogP contribution in [0, 0.1) is 0 Å². The third-order valence-electron chi connectivity index (χ3n) is 1.87. The Morgan fingerprint density at radius 2 is 2.13 bits per heavy atom. The molecule has 78 valence electrons. The lowest BCUT2D eigenvalue weighted by Crippen LogP contribution is -2.12. The molecule has 0 spiro atoms. The van der Waals surface area contributed by atoms with E-state index in [1.165, 1.54) is 36.9 Å². The fourth-order valence-electron chi connectivity index (χ4n) is 1.17. The Balaban J connectivity index is 2.56. The van der Waals surface area contributed by atoms with Crippen LogP contribution in [-0.4, -0.2) is 14.6 Å². The molecule has 15 heavy (non-hydrogen) atoms. The Hall–Kier alpha value is -1.66. The van der Waals surface area contributed by atoms with Crippen molar-refractivity contribution in [2.24, 2.45) is 10.1 Å². The van der Waals surface area contributed by atoms with Crippen LogP contribution in [0.4, 0.5) is 0 Å². The van der Waals surface area contributed by atoms with Crippen LogP contribution >= 0.6 is 0 Å². The number of primary sulfonamides is 1. The highest BCUT2D eigenvalue weighted by Gasteiger charge is 2.11. The predicted octanol–water partition coefficient (Wildman–Crippen LogP) is 0.617. The molecule has 0 bridgehead atoms. The average Bonchev–Trinajstić information content (AvgIpc) is 2.39. The molecule has 6 heteroatoms. The van der Waals surface area contributed by atoms with Crippen LogP contribution in [0.15, 0.2) is 40.5 Å². The van der Waals surface area contributed by atoms with Crippen molar-refractivity contribution in [2.75, 3.05) is 0 Å². The molecule has 0 fully saturated rings. The van der Waals surface area contributed by atoms with Gasteiger partial charge in [-0.05, 0) is 18.2 Å². The molecule has 0 radical (unpaired) electrons. The van der Waals surface area contributed by atoms with Gasteiger partial charge in [-0.15, -0.1) is 0 Å². The van der Waals surface area contributed by atoms with Gasteiger partial charge < -0.3 is 4.74 Å². The molecule has 1 aromatic rings. The zero-order valence-corrected chi connectivity index (χ0v) is 8.44. The van der Waals surface area contributed by atoms with Crippen molar-refractivity contribution in [3.8, 4) is 5.75 Å². The highest BCUT2D eigenvalue weighted by molar-refractivity contribution is 7.89. The maximum Gasteiger partial charge on any atom is 0.238 e. The molecule has 0 aliphatic carbocycles. The van der Waals surface area contributed by atoms with Crippen molar-refractivity contribution in [2.45, 2.75) is 4.90 Å². The molecule has 0 unspecified atom stereocenters. The monoisotopic (exact) mass is 224 g/mol. The summed E-state index contributed by atoms with van der Waals surface area (Å²) in [5.74, 6) is 0.542. The van der Waals surface area contributed by atoms with Crippen molar-refractivity contribution in [3.05, 3.63) is 36.2 Å². The summed E-state index contributed by atoms with van der Waals surface area (Å²) in [7, 11) is -3.69. The average molecular weight is 224 g/mol. The summed E-state index contributed by atoms with van der Waals surface area (Å²) < 4.78 is 27.3. The van der Waals surface area contributed by atoms with E-state index in [2.05, 4.69) is 4.99 Å². The molecule has 2 N–H and O–H groups in total. The van der Waals surface area contributed by atoms with E-state index in [-0.39, 0.29) is 4.90 Å². The summed E-state index contributed by atoms with van der Waals surface area (Å²) in [6.07, 6.45) is 4.39. The van der Waals surface area contributed by atoms with Gasteiger partial charge in [0.1, 0.15) is 12.0 Å². The lowest BCUT2D eigenvalue weighted by atomic mass is 10.2. The maximum absolute atomic E-state index is 11.1. The first-order valence-electron chi connectivity index (χ1n) is 4.09. The molecule has 1 aliphatic heterocycles. The fraction of sp³-hybridized carbons (Fsp3) is 0. The van der Waals surface area contributed by atoms with E-state index in [0.717, 1.165) is 0 Å². The van der Waals surface area contributed by atoms with Crippen LogP contribution < -0.4 is 9.88 Å². The van der Waals surface area contributed by atoms with Gasteiger partial charge in [-0.3, -0.25) is 4.99 Å². The second-order valence-corrected chi connectivity index (χ2v) is 4.49. The van der Waals surface area contributed by atoms with Crippen molar-refractivity contribution >= 4 is 16.2 Å². The summed E-state index contributed by atoms with van der Waals surface area (Å²) in [5, 5.41) is 5.00. The third-order valence-corrected chi connectivity index (χ3v) is 2.78. The van der Waals surface area contributed by atoms with Crippen molar-refractivity contribution in [3.63, 3.8) is 0 Å². The first-order valence-corrected chi connectivity index (χ1v) is 5.64. The number of nitrogens with zero attached hydrogens (tertiary/aromatic N) is 1. The van der Waals surface area contributed by atoms with Crippen molar-refractivity contribution < 1.29 is 13.2 Å². The molecule has 0 amide bonds. The van der Waals surface area contributed by atoms with E-state index in [4.69, 9.17) is 9.88 Å². The number of sulfonamides is 1. The molecule has 0 atom stereocenters. The lowest BCUT2D eigenvalue weighted by molar-refractivity contribution is 0.480. The molecule has 1 heterocycles. The van der Waals surface area contributed by atoms with Gasteiger partial charge in [-0.25, -0.2) is 13.6 Å². The van der Waals surface area contributed by atoms with Crippen molar-refractivity contribution in [1.82, 2.24) is 0 Å². The van der Waals surface area contributed by atoms with Gasteiger partial charge in [0.15, 0.2) is 0 Å². The molecule has 1 aromatic carbocycles. The molecule has 0 saturated heterocycles. The molecule has 5 nitrogen and oxygen atoms in total. The second kappa shape index (κ2) is 3.48. The van der Waals surface area contributed by atoms with Crippen molar-refractivity contribution in [1.29, 1.82) is 0 Å². The molecule has 0 aromatic heterocycles. The Labute approximate surface area is 86.9 Å². The minimum absolute atomic E-state index is 0.0400. The summed E-state index contributed by atoms with van der Waals surface area (Å²) >= 11 is 0. The maximum atomic E-state index is 11.1. The van der Waals surface area contributed by atoms with Crippen LogP contribution in [-0.2, 0) is 10.0 Å².